The fourth-order valence-corrected chi connectivity index (χ4v) is 4.67. The lowest BCUT2D eigenvalue weighted by Gasteiger charge is -2.21. The maximum atomic E-state index is 10.1. The molecule has 3 aromatic rings. The number of aryl methyl sites for hydroxylation is 4. The monoisotopic (exact) mass is 402 g/mol. The Hall–Kier alpha value is -2.74. The van der Waals surface area contributed by atoms with E-state index in [-0.39, 0.29) is 0 Å². The normalized spacial score (nSPS) is 13.3. The molecule has 0 bridgehead atoms. The van der Waals surface area contributed by atoms with Crippen LogP contribution < -0.4 is 0 Å². The van der Waals surface area contributed by atoms with Crippen LogP contribution in [0.3, 0.4) is 0 Å². The highest BCUT2D eigenvalue weighted by Crippen LogP contribution is 2.36. The average Bonchev–Trinajstić information content (AvgIpc) is 2.72. The third kappa shape index (κ3) is 4.23. The summed E-state index contributed by atoms with van der Waals surface area (Å²) >= 11 is 0. The fourth-order valence-electron chi connectivity index (χ4n) is 4.67. The van der Waals surface area contributed by atoms with E-state index in [1.807, 2.05) is 27.7 Å². The van der Waals surface area contributed by atoms with Gasteiger partial charge in [0.2, 0.25) is 0 Å². The average molecular weight is 403 g/mol. The van der Waals surface area contributed by atoms with Crippen molar-refractivity contribution in [2.45, 2.75) is 66.2 Å². The number of phenols is 2. The van der Waals surface area contributed by atoms with Crippen molar-refractivity contribution >= 4 is 0 Å². The summed E-state index contributed by atoms with van der Waals surface area (Å²) in [6, 6.07) is 17.5. The summed E-state index contributed by atoms with van der Waals surface area (Å²) in [5.41, 5.74) is 8.86. The number of rotatable bonds is 6. The summed E-state index contributed by atoms with van der Waals surface area (Å²) < 4.78 is 0. The molecule has 0 fully saturated rings. The quantitative estimate of drug-likeness (QED) is 0.450. The Bertz CT molecular complexity index is 900. The van der Waals surface area contributed by atoms with E-state index in [0.717, 1.165) is 35.1 Å². The Morgan fingerprint density at radius 2 is 0.800 bits per heavy atom. The molecule has 0 heterocycles. The van der Waals surface area contributed by atoms with Gasteiger partial charge in [0.15, 0.2) is 0 Å². The number of hydrogen-bond donors (Lipinski definition) is 2. The van der Waals surface area contributed by atoms with E-state index in [1.165, 1.54) is 22.3 Å². The molecule has 0 amide bonds. The minimum atomic E-state index is 0.315. The molecule has 30 heavy (non-hydrogen) atoms. The van der Waals surface area contributed by atoms with E-state index in [4.69, 9.17) is 0 Å². The first-order chi connectivity index (χ1) is 14.3. The van der Waals surface area contributed by atoms with Crippen molar-refractivity contribution in [1.29, 1.82) is 0 Å². The summed E-state index contributed by atoms with van der Waals surface area (Å²) in [7, 11) is 0. The van der Waals surface area contributed by atoms with Gasteiger partial charge in [-0.25, -0.2) is 0 Å². The van der Waals surface area contributed by atoms with Gasteiger partial charge in [-0.05, 0) is 85.0 Å². The van der Waals surface area contributed by atoms with Crippen molar-refractivity contribution in [3.8, 4) is 11.5 Å². The lowest BCUT2D eigenvalue weighted by atomic mass is 9.83. The van der Waals surface area contributed by atoms with Gasteiger partial charge in [-0.15, -0.1) is 0 Å². The van der Waals surface area contributed by atoms with E-state index in [2.05, 4.69) is 62.4 Å². The van der Waals surface area contributed by atoms with Crippen LogP contribution in [0.5, 0.6) is 11.5 Å². The molecule has 0 spiro atoms. The number of phenolic OH excluding ortho intramolecular Hbond substituents is 2. The summed E-state index contributed by atoms with van der Waals surface area (Å²) in [4.78, 5) is 0. The molecule has 158 valence electrons. The van der Waals surface area contributed by atoms with Gasteiger partial charge in [-0.2, -0.15) is 0 Å². The zero-order valence-electron chi connectivity index (χ0n) is 19.1. The van der Waals surface area contributed by atoms with E-state index in [0.29, 0.717) is 23.3 Å². The van der Waals surface area contributed by atoms with Crippen LogP contribution in [0.4, 0.5) is 0 Å². The van der Waals surface area contributed by atoms with Gasteiger partial charge < -0.3 is 10.2 Å². The second kappa shape index (κ2) is 8.95. The number of benzene rings is 3. The highest BCUT2D eigenvalue weighted by molar-refractivity contribution is 5.48. The van der Waals surface area contributed by atoms with Crippen molar-refractivity contribution in [2.75, 3.05) is 0 Å². The van der Waals surface area contributed by atoms with Gasteiger partial charge >= 0.3 is 0 Å². The maximum absolute atomic E-state index is 10.1. The third-order valence-corrected chi connectivity index (χ3v) is 6.39. The van der Waals surface area contributed by atoms with Crippen LogP contribution in [-0.4, -0.2) is 10.2 Å². The largest absolute Gasteiger partial charge is 0.507 e. The zero-order valence-corrected chi connectivity index (χ0v) is 19.1. The van der Waals surface area contributed by atoms with Gasteiger partial charge in [-0.1, -0.05) is 62.4 Å². The van der Waals surface area contributed by atoms with Crippen LogP contribution in [0.25, 0.3) is 0 Å². The molecule has 3 rings (SSSR count). The Balaban J connectivity index is 1.94. The second-order valence-corrected chi connectivity index (χ2v) is 8.59. The first-order valence-corrected chi connectivity index (χ1v) is 11.0. The molecule has 0 radical (unpaired) electrons. The van der Waals surface area contributed by atoms with Crippen LogP contribution in [0.15, 0.2) is 48.5 Å². The van der Waals surface area contributed by atoms with Crippen molar-refractivity contribution < 1.29 is 10.2 Å². The lowest BCUT2D eigenvalue weighted by molar-refractivity contribution is 0.466. The van der Waals surface area contributed by atoms with Crippen molar-refractivity contribution in [3.63, 3.8) is 0 Å². The van der Waals surface area contributed by atoms with Crippen molar-refractivity contribution in [2.24, 2.45) is 0 Å². The predicted molar refractivity (Wildman–Crippen MR) is 126 cm³/mol. The van der Waals surface area contributed by atoms with Gasteiger partial charge in [0.05, 0.1) is 0 Å². The Kier molecular flexibility index (Phi) is 6.55. The molecule has 0 aliphatic carbocycles. The molecule has 2 N–H and O–H groups in total. The molecule has 2 heteroatoms. The molecule has 0 saturated carbocycles. The van der Waals surface area contributed by atoms with Crippen molar-refractivity contribution in [1.82, 2.24) is 0 Å². The molecule has 0 aliphatic heterocycles. The highest BCUT2D eigenvalue weighted by Gasteiger charge is 2.18. The molecule has 2 atom stereocenters. The van der Waals surface area contributed by atoms with E-state index in [1.54, 1.807) is 0 Å². The zero-order chi connectivity index (χ0) is 22.0. The SMILES string of the molecule is CCC(c1ccc(C(CC)c2cc(C)c(O)c(C)c2)cc1)c1cc(C)c(O)c(C)c1. The minimum absolute atomic E-state index is 0.315. The molecular weight excluding hydrogens is 368 g/mol. The third-order valence-electron chi connectivity index (χ3n) is 6.39. The topological polar surface area (TPSA) is 40.5 Å². The Labute approximate surface area is 181 Å². The summed E-state index contributed by atoms with van der Waals surface area (Å²) in [6.07, 6.45) is 2.02. The summed E-state index contributed by atoms with van der Waals surface area (Å²) in [6.45, 7) is 12.3. The van der Waals surface area contributed by atoms with Crippen LogP contribution >= 0.6 is 0 Å². The first-order valence-electron chi connectivity index (χ1n) is 11.0. The smallest absolute Gasteiger partial charge is 0.121 e. The second-order valence-electron chi connectivity index (χ2n) is 8.59. The lowest BCUT2D eigenvalue weighted by Crippen LogP contribution is -2.04. The highest BCUT2D eigenvalue weighted by atomic mass is 16.3. The summed E-state index contributed by atoms with van der Waals surface area (Å²) in [5, 5.41) is 20.3. The van der Waals surface area contributed by atoms with Crippen LogP contribution in [-0.2, 0) is 0 Å². The fraction of sp³-hybridized carbons (Fsp3) is 0.357. The van der Waals surface area contributed by atoms with E-state index < -0.39 is 0 Å². The Morgan fingerprint density at radius 1 is 0.533 bits per heavy atom. The van der Waals surface area contributed by atoms with Gasteiger partial charge in [0.25, 0.3) is 0 Å². The molecule has 0 saturated heterocycles. The summed E-state index contributed by atoms with van der Waals surface area (Å²) in [5.74, 6) is 1.43. The Morgan fingerprint density at radius 3 is 1.03 bits per heavy atom. The van der Waals surface area contributed by atoms with Gasteiger partial charge in [0.1, 0.15) is 11.5 Å². The molecular formula is C28H34O2. The van der Waals surface area contributed by atoms with Gasteiger partial charge in [-0.3, -0.25) is 0 Å². The predicted octanol–water partition coefficient (Wildman–Crippen LogP) is 7.42. The molecule has 2 unspecified atom stereocenters. The van der Waals surface area contributed by atoms with E-state index in [9.17, 15) is 10.2 Å². The standard InChI is InChI=1S/C28H34O2/c1-7-25(23-13-17(3)27(29)18(4)14-23)21-9-11-22(12-10-21)26(8-2)24-15-19(5)28(30)20(6)16-24/h9-16,25-26,29-30H,7-8H2,1-6H3. The molecule has 0 aliphatic rings. The van der Waals surface area contributed by atoms with Crippen molar-refractivity contribution in [3.05, 3.63) is 93.0 Å². The van der Waals surface area contributed by atoms with E-state index >= 15 is 0 Å². The molecule has 3 aromatic carbocycles. The molecule has 2 nitrogen and oxygen atoms in total. The first kappa shape index (κ1) is 22.0. The number of hydrogen-bond acceptors (Lipinski definition) is 2. The van der Waals surface area contributed by atoms with Crippen LogP contribution in [0.1, 0.15) is 83.0 Å². The van der Waals surface area contributed by atoms with Crippen LogP contribution in [0.2, 0.25) is 0 Å². The minimum Gasteiger partial charge on any atom is -0.507 e. The van der Waals surface area contributed by atoms with Crippen LogP contribution in [0, 0.1) is 27.7 Å². The molecule has 0 aromatic heterocycles. The maximum Gasteiger partial charge on any atom is 0.121 e. The number of aromatic hydroxyl groups is 2. The van der Waals surface area contributed by atoms with Gasteiger partial charge in [0, 0.05) is 11.8 Å².